The fourth-order valence-corrected chi connectivity index (χ4v) is 10.8. The van der Waals surface area contributed by atoms with Gasteiger partial charge < -0.3 is 14.2 Å². The Morgan fingerprint density at radius 3 is 0.658 bits per heavy atom. The molecule has 0 heterocycles. The maximum atomic E-state index is 12.9. The molecule has 0 radical (unpaired) electrons. The monoisotopic (exact) mass is 1070 g/mol. The Morgan fingerprint density at radius 1 is 0.250 bits per heavy atom. The summed E-state index contributed by atoms with van der Waals surface area (Å²) in [5, 5.41) is 0. The Morgan fingerprint density at radius 2 is 0.434 bits per heavy atom. The average molecular weight is 1070 g/mol. The van der Waals surface area contributed by atoms with Crippen molar-refractivity contribution in [2.45, 2.75) is 406 Å². The van der Waals surface area contributed by atoms with E-state index >= 15 is 0 Å². The van der Waals surface area contributed by atoms with Crippen molar-refractivity contribution in [3.8, 4) is 0 Å². The van der Waals surface area contributed by atoms with Crippen LogP contribution in [0.15, 0.2) is 12.2 Å². The molecular weight excluding hydrogens is 937 g/mol. The second kappa shape index (κ2) is 65.7. The lowest BCUT2D eigenvalue weighted by molar-refractivity contribution is -0.167. The molecule has 1 unspecified atom stereocenters. The molecule has 0 aromatic carbocycles. The number of rotatable bonds is 65. The summed E-state index contributed by atoms with van der Waals surface area (Å²) in [4.78, 5) is 38.4. The standard InChI is InChI=1S/C70H134O6/c1-4-7-10-13-16-19-22-25-28-30-31-32-33-34-35-36-37-38-39-40-43-45-48-51-54-57-60-63-69(72)75-66-67(65-74-68(71)62-59-56-53-50-47-44-41-27-24-21-18-15-12-9-6-3)76-70(73)64-61-58-55-52-49-46-42-29-26-23-20-17-14-11-8-5-2/h27,41,67H,4-26,28-40,42-66H2,1-3H3/b41-27-. The molecule has 6 heteroatoms. The molecule has 0 aliphatic carbocycles. The molecule has 0 saturated carbocycles. The van der Waals surface area contributed by atoms with Crippen LogP contribution in [-0.4, -0.2) is 37.2 Å². The smallest absolute Gasteiger partial charge is 0.306 e. The summed E-state index contributed by atoms with van der Waals surface area (Å²) in [5.41, 5.74) is 0. The molecule has 0 N–H and O–H groups in total. The predicted molar refractivity (Wildman–Crippen MR) is 330 cm³/mol. The van der Waals surface area contributed by atoms with Crippen LogP contribution in [0.1, 0.15) is 400 Å². The number of hydrogen-bond donors (Lipinski definition) is 0. The third kappa shape index (κ3) is 63.0. The number of hydrogen-bond acceptors (Lipinski definition) is 6. The first-order valence-electron chi connectivity index (χ1n) is 34.7. The van der Waals surface area contributed by atoms with Gasteiger partial charge in [-0.3, -0.25) is 14.4 Å². The third-order valence-electron chi connectivity index (χ3n) is 16.0. The highest BCUT2D eigenvalue weighted by Gasteiger charge is 2.19. The summed E-state index contributed by atoms with van der Waals surface area (Å²) in [5.74, 6) is -0.841. The summed E-state index contributed by atoms with van der Waals surface area (Å²) in [6.07, 6.45) is 78.1. The van der Waals surface area contributed by atoms with E-state index in [-0.39, 0.29) is 31.1 Å². The second-order valence-electron chi connectivity index (χ2n) is 23.8. The maximum Gasteiger partial charge on any atom is 0.306 e. The average Bonchev–Trinajstić information content (AvgIpc) is 3.42. The molecule has 0 spiro atoms. The molecule has 0 amide bonds. The number of carbonyl (C=O) groups is 3. The van der Waals surface area contributed by atoms with Gasteiger partial charge in [0, 0.05) is 19.3 Å². The van der Waals surface area contributed by atoms with Crippen LogP contribution in [0, 0.1) is 0 Å². The first-order chi connectivity index (χ1) is 37.5. The molecule has 0 fully saturated rings. The Kier molecular flexibility index (Phi) is 64.1. The minimum atomic E-state index is -0.769. The predicted octanol–water partition coefficient (Wildman–Crippen LogP) is 23.6. The Hall–Kier alpha value is -1.85. The molecule has 0 saturated heterocycles. The topological polar surface area (TPSA) is 78.9 Å². The van der Waals surface area contributed by atoms with Gasteiger partial charge in [-0.15, -0.1) is 0 Å². The van der Waals surface area contributed by atoms with E-state index in [4.69, 9.17) is 14.2 Å². The van der Waals surface area contributed by atoms with Gasteiger partial charge in [-0.25, -0.2) is 0 Å². The van der Waals surface area contributed by atoms with Crippen LogP contribution in [-0.2, 0) is 28.6 Å². The van der Waals surface area contributed by atoms with E-state index in [9.17, 15) is 14.4 Å². The Labute approximate surface area is 475 Å². The molecule has 76 heavy (non-hydrogen) atoms. The molecule has 1 atom stereocenters. The zero-order chi connectivity index (χ0) is 55.0. The summed E-state index contributed by atoms with van der Waals surface area (Å²) < 4.78 is 17.0. The van der Waals surface area contributed by atoms with Crippen molar-refractivity contribution in [1.82, 2.24) is 0 Å². The Balaban J connectivity index is 4.19. The Bertz CT molecular complexity index is 1180. The first kappa shape index (κ1) is 74.2. The number of ether oxygens (including phenoxy) is 3. The van der Waals surface area contributed by atoms with Crippen LogP contribution in [0.4, 0.5) is 0 Å². The van der Waals surface area contributed by atoms with E-state index in [0.29, 0.717) is 19.3 Å². The number of unbranched alkanes of at least 4 members (excludes halogenated alkanes) is 52. The number of allylic oxidation sites excluding steroid dienone is 2. The zero-order valence-corrected chi connectivity index (χ0v) is 51.8. The minimum Gasteiger partial charge on any atom is -0.462 e. The summed E-state index contributed by atoms with van der Waals surface area (Å²) >= 11 is 0. The zero-order valence-electron chi connectivity index (χ0n) is 51.8. The van der Waals surface area contributed by atoms with Gasteiger partial charge in [0.25, 0.3) is 0 Å². The molecule has 0 aromatic heterocycles. The van der Waals surface area contributed by atoms with Crippen molar-refractivity contribution < 1.29 is 28.6 Å². The molecule has 0 aliphatic heterocycles. The second-order valence-corrected chi connectivity index (χ2v) is 23.8. The first-order valence-corrected chi connectivity index (χ1v) is 34.7. The SMILES string of the molecule is CCCCCCCC/C=C\CCCCCCCC(=O)OCC(COC(=O)CCCCCCCCCCCCCCCCCCCCCCCCCCCCC)OC(=O)CCCCCCCCCCCCCCCCCC. The van der Waals surface area contributed by atoms with Crippen molar-refractivity contribution in [1.29, 1.82) is 0 Å². The van der Waals surface area contributed by atoms with E-state index in [1.807, 2.05) is 0 Å². The van der Waals surface area contributed by atoms with Crippen LogP contribution in [0.25, 0.3) is 0 Å². The fraction of sp³-hybridized carbons (Fsp3) is 0.929. The van der Waals surface area contributed by atoms with Crippen LogP contribution in [0.2, 0.25) is 0 Å². The highest BCUT2D eigenvalue weighted by atomic mass is 16.6. The lowest BCUT2D eigenvalue weighted by atomic mass is 10.0. The van der Waals surface area contributed by atoms with E-state index in [1.165, 1.54) is 295 Å². The number of carbonyl (C=O) groups excluding carboxylic acids is 3. The van der Waals surface area contributed by atoms with Gasteiger partial charge in [0.05, 0.1) is 0 Å². The third-order valence-corrected chi connectivity index (χ3v) is 16.0. The molecule has 0 bridgehead atoms. The summed E-state index contributed by atoms with van der Waals surface area (Å²) in [7, 11) is 0. The highest BCUT2D eigenvalue weighted by molar-refractivity contribution is 5.71. The highest BCUT2D eigenvalue weighted by Crippen LogP contribution is 2.19. The van der Waals surface area contributed by atoms with E-state index in [1.54, 1.807) is 0 Å². The van der Waals surface area contributed by atoms with Gasteiger partial charge >= 0.3 is 17.9 Å². The van der Waals surface area contributed by atoms with E-state index in [0.717, 1.165) is 64.2 Å². The molecule has 0 rings (SSSR count). The molecule has 6 nitrogen and oxygen atoms in total. The van der Waals surface area contributed by atoms with Gasteiger partial charge in [0.1, 0.15) is 13.2 Å². The number of esters is 3. The lowest BCUT2D eigenvalue weighted by Gasteiger charge is -2.18. The van der Waals surface area contributed by atoms with Crippen molar-refractivity contribution in [3.63, 3.8) is 0 Å². The normalized spacial score (nSPS) is 12.0. The largest absolute Gasteiger partial charge is 0.462 e. The minimum absolute atomic E-state index is 0.0657. The van der Waals surface area contributed by atoms with Gasteiger partial charge in [0.15, 0.2) is 6.10 Å². The summed E-state index contributed by atoms with van der Waals surface area (Å²) in [6, 6.07) is 0. The molecule has 0 aromatic rings. The van der Waals surface area contributed by atoms with Crippen LogP contribution >= 0.6 is 0 Å². The molecule has 0 aliphatic rings. The lowest BCUT2D eigenvalue weighted by Crippen LogP contribution is -2.30. The van der Waals surface area contributed by atoms with Crippen LogP contribution < -0.4 is 0 Å². The molecular formula is C70H134O6. The quantitative estimate of drug-likeness (QED) is 0.0261. The maximum absolute atomic E-state index is 12.9. The van der Waals surface area contributed by atoms with Gasteiger partial charge in [-0.05, 0) is 44.9 Å². The van der Waals surface area contributed by atoms with E-state index in [2.05, 4.69) is 32.9 Å². The van der Waals surface area contributed by atoms with E-state index < -0.39 is 6.10 Å². The molecule has 450 valence electrons. The van der Waals surface area contributed by atoms with Gasteiger partial charge in [-0.1, -0.05) is 348 Å². The van der Waals surface area contributed by atoms with Crippen LogP contribution in [0.3, 0.4) is 0 Å². The van der Waals surface area contributed by atoms with Gasteiger partial charge in [0.2, 0.25) is 0 Å². The van der Waals surface area contributed by atoms with Crippen molar-refractivity contribution in [2.75, 3.05) is 13.2 Å². The summed E-state index contributed by atoms with van der Waals surface area (Å²) in [6.45, 7) is 6.71. The van der Waals surface area contributed by atoms with Crippen LogP contribution in [0.5, 0.6) is 0 Å². The van der Waals surface area contributed by atoms with Crippen molar-refractivity contribution >= 4 is 17.9 Å². The van der Waals surface area contributed by atoms with Crippen molar-refractivity contribution in [3.05, 3.63) is 12.2 Å². The van der Waals surface area contributed by atoms with Gasteiger partial charge in [-0.2, -0.15) is 0 Å². The van der Waals surface area contributed by atoms with Crippen molar-refractivity contribution in [2.24, 2.45) is 0 Å². The fourth-order valence-electron chi connectivity index (χ4n) is 10.8.